The molecule has 1 atom stereocenters. The fraction of sp³-hybridized carbons (Fsp3) is 0.391. The molecule has 0 amide bonds. The van der Waals surface area contributed by atoms with Crippen LogP contribution in [-0.2, 0) is 6.42 Å². The number of methoxy groups -OCH3 is 2. The van der Waals surface area contributed by atoms with Crippen molar-refractivity contribution in [3.05, 3.63) is 58.7 Å². The molecule has 1 unspecified atom stereocenters. The summed E-state index contributed by atoms with van der Waals surface area (Å²) >= 11 is 0. The van der Waals surface area contributed by atoms with Crippen LogP contribution in [0.1, 0.15) is 42.5 Å². The molecule has 6 heteroatoms. The van der Waals surface area contributed by atoms with Crippen LogP contribution in [0, 0.1) is 11.6 Å². The monoisotopic (exact) mass is 403 g/mol. The fourth-order valence-electron chi connectivity index (χ4n) is 3.40. The Morgan fingerprint density at radius 2 is 1.83 bits per heavy atom. The van der Waals surface area contributed by atoms with Crippen molar-refractivity contribution in [2.24, 2.45) is 0 Å². The molecular weight excluding hydrogens is 376 g/mol. The Morgan fingerprint density at radius 1 is 1.07 bits per heavy atom. The van der Waals surface area contributed by atoms with Gasteiger partial charge in [-0.15, -0.1) is 0 Å². The predicted octanol–water partition coefficient (Wildman–Crippen LogP) is 5.06. The van der Waals surface area contributed by atoms with Crippen molar-refractivity contribution in [1.82, 2.24) is 5.32 Å². The smallest absolute Gasteiger partial charge is 0.161 e. The first kappa shape index (κ1) is 21.1. The van der Waals surface area contributed by atoms with Crippen molar-refractivity contribution in [2.75, 3.05) is 27.4 Å². The lowest BCUT2D eigenvalue weighted by Crippen LogP contribution is -2.28. The fourth-order valence-corrected chi connectivity index (χ4v) is 3.40. The number of fused-ring (bicyclic) bond motifs is 1. The summed E-state index contributed by atoms with van der Waals surface area (Å²) in [7, 11) is 2.98. The molecule has 0 aromatic heterocycles. The van der Waals surface area contributed by atoms with Gasteiger partial charge in [-0.05, 0) is 36.1 Å². The van der Waals surface area contributed by atoms with Gasteiger partial charge >= 0.3 is 0 Å². The third kappa shape index (κ3) is 4.88. The SMILES string of the molecule is CCCCOc1cc2c(cc1OC)C(/C=C/c1c(F)cc(OC)cc1F)NCC2. The van der Waals surface area contributed by atoms with E-state index in [1.165, 1.54) is 25.3 Å². The van der Waals surface area contributed by atoms with Gasteiger partial charge in [-0.1, -0.05) is 25.5 Å². The highest BCUT2D eigenvalue weighted by Gasteiger charge is 2.21. The van der Waals surface area contributed by atoms with E-state index < -0.39 is 11.6 Å². The summed E-state index contributed by atoms with van der Waals surface area (Å²) in [5.41, 5.74) is 2.06. The summed E-state index contributed by atoms with van der Waals surface area (Å²) in [6.45, 7) is 3.52. The normalized spacial score (nSPS) is 16.0. The molecule has 0 radical (unpaired) electrons. The van der Waals surface area contributed by atoms with E-state index in [9.17, 15) is 8.78 Å². The van der Waals surface area contributed by atoms with Crippen molar-refractivity contribution in [1.29, 1.82) is 0 Å². The van der Waals surface area contributed by atoms with E-state index in [0.717, 1.165) is 42.7 Å². The van der Waals surface area contributed by atoms with Gasteiger partial charge in [0.1, 0.15) is 17.4 Å². The lowest BCUT2D eigenvalue weighted by molar-refractivity contribution is 0.287. The van der Waals surface area contributed by atoms with E-state index >= 15 is 0 Å². The first-order valence-electron chi connectivity index (χ1n) is 9.85. The van der Waals surface area contributed by atoms with Crippen LogP contribution in [0.25, 0.3) is 6.08 Å². The minimum absolute atomic E-state index is 0.0915. The number of unbranched alkanes of at least 4 members (excludes halogenated alkanes) is 1. The average molecular weight is 403 g/mol. The van der Waals surface area contributed by atoms with Crippen LogP contribution in [0.2, 0.25) is 0 Å². The number of ether oxygens (including phenoxy) is 3. The summed E-state index contributed by atoms with van der Waals surface area (Å²) in [6, 6.07) is 6.12. The van der Waals surface area contributed by atoms with Gasteiger partial charge in [-0.25, -0.2) is 8.78 Å². The van der Waals surface area contributed by atoms with Crippen LogP contribution in [0.15, 0.2) is 30.3 Å². The Labute approximate surface area is 170 Å². The zero-order valence-corrected chi connectivity index (χ0v) is 17.1. The van der Waals surface area contributed by atoms with Gasteiger partial charge < -0.3 is 19.5 Å². The molecule has 2 aromatic rings. The minimum atomic E-state index is -0.661. The van der Waals surface area contributed by atoms with Gasteiger partial charge in [-0.2, -0.15) is 0 Å². The van der Waals surface area contributed by atoms with Gasteiger partial charge in [0.2, 0.25) is 0 Å². The van der Waals surface area contributed by atoms with Crippen molar-refractivity contribution >= 4 is 6.08 Å². The maximum absolute atomic E-state index is 14.2. The van der Waals surface area contributed by atoms with E-state index in [0.29, 0.717) is 12.4 Å². The molecule has 0 saturated heterocycles. The zero-order valence-electron chi connectivity index (χ0n) is 17.1. The number of nitrogens with one attached hydrogen (secondary N) is 1. The average Bonchev–Trinajstić information content (AvgIpc) is 2.72. The van der Waals surface area contributed by atoms with Crippen molar-refractivity contribution in [3.63, 3.8) is 0 Å². The standard InChI is InChI=1S/C23H27F2NO3/c1-4-5-10-29-23-11-15-8-9-26-21(18(15)14-22(23)28-3)7-6-17-19(24)12-16(27-2)13-20(17)25/h6-7,11-14,21,26H,4-5,8-10H2,1-3H3/b7-6+. The summed E-state index contributed by atoms with van der Waals surface area (Å²) in [6.07, 6.45) is 6.12. The summed E-state index contributed by atoms with van der Waals surface area (Å²) < 4.78 is 44.8. The molecule has 0 spiro atoms. The lowest BCUT2D eigenvalue weighted by atomic mass is 9.93. The maximum atomic E-state index is 14.2. The molecular formula is C23H27F2NO3. The third-order valence-corrected chi connectivity index (χ3v) is 5.02. The Bertz CT molecular complexity index is 860. The van der Waals surface area contributed by atoms with Gasteiger partial charge in [0, 0.05) is 24.2 Å². The lowest BCUT2D eigenvalue weighted by Gasteiger charge is -2.26. The van der Waals surface area contributed by atoms with Gasteiger partial charge in [0.15, 0.2) is 11.5 Å². The van der Waals surface area contributed by atoms with E-state index in [-0.39, 0.29) is 17.4 Å². The molecule has 2 aromatic carbocycles. The van der Waals surface area contributed by atoms with Crippen LogP contribution in [0.4, 0.5) is 8.78 Å². The van der Waals surface area contributed by atoms with Crippen LogP contribution in [-0.4, -0.2) is 27.4 Å². The van der Waals surface area contributed by atoms with Gasteiger partial charge in [-0.3, -0.25) is 0 Å². The van der Waals surface area contributed by atoms with Crippen LogP contribution in [0.3, 0.4) is 0 Å². The van der Waals surface area contributed by atoms with E-state index in [4.69, 9.17) is 14.2 Å². The Balaban J connectivity index is 1.88. The second kappa shape index (κ2) is 9.74. The molecule has 0 bridgehead atoms. The largest absolute Gasteiger partial charge is 0.497 e. The molecule has 1 N–H and O–H groups in total. The van der Waals surface area contributed by atoms with Crippen LogP contribution < -0.4 is 19.5 Å². The second-order valence-electron chi connectivity index (χ2n) is 6.95. The third-order valence-electron chi connectivity index (χ3n) is 5.02. The molecule has 1 aliphatic rings. The van der Waals surface area contributed by atoms with Crippen LogP contribution in [0.5, 0.6) is 17.2 Å². The maximum Gasteiger partial charge on any atom is 0.161 e. The molecule has 29 heavy (non-hydrogen) atoms. The van der Waals surface area contributed by atoms with Crippen molar-refractivity contribution in [3.8, 4) is 17.2 Å². The topological polar surface area (TPSA) is 39.7 Å². The molecule has 0 saturated carbocycles. The number of hydrogen-bond donors (Lipinski definition) is 1. The van der Waals surface area contributed by atoms with Crippen molar-refractivity contribution in [2.45, 2.75) is 32.2 Å². The molecule has 1 aliphatic heterocycles. The van der Waals surface area contributed by atoms with Crippen molar-refractivity contribution < 1.29 is 23.0 Å². The number of hydrogen-bond acceptors (Lipinski definition) is 4. The number of rotatable bonds is 8. The highest BCUT2D eigenvalue weighted by Crippen LogP contribution is 2.36. The molecule has 4 nitrogen and oxygen atoms in total. The molecule has 1 heterocycles. The highest BCUT2D eigenvalue weighted by molar-refractivity contribution is 5.56. The first-order chi connectivity index (χ1) is 14.1. The van der Waals surface area contributed by atoms with Crippen LogP contribution >= 0.6 is 0 Å². The van der Waals surface area contributed by atoms with E-state index in [2.05, 4.69) is 12.2 Å². The Kier molecular flexibility index (Phi) is 7.09. The number of benzene rings is 2. The highest BCUT2D eigenvalue weighted by atomic mass is 19.1. The van der Waals surface area contributed by atoms with Gasteiger partial charge in [0.25, 0.3) is 0 Å². The summed E-state index contributed by atoms with van der Waals surface area (Å²) in [5, 5.41) is 3.38. The molecule has 3 rings (SSSR count). The number of halogens is 2. The molecule has 0 aliphatic carbocycles. The second-order valence-corrected chi connectivity index (χ2v) is 6.95. The van der Waals surface area contributed by atoms with Gasteiger partial charge in [0.05, 0.1) is 26.9 Å². The molecule has 156 valence electrons. The Morgan fingerprint density at radius 3 is 2.48 bits per heavy atom. The van der Waals surface area contributed by atoms with E-state index in [1.807, 2.05) is 12.1 Å². The minimum Gasteiger partial charge on any atom is -0.497 e. The zero-order chi connectivity index (χ0) is 20.8. The first-order valence-corrected chi connectivity index (χ1v) is 9.85. The Hall–Kier alpha value is -2.60. The summed E-state index contributed by atoms with van der Waals surface area (Å²) in [5.74, 6) is 0.219. The quantitative estimate of drug-likeness (QED) is 0.626. The van der Waals surface area contributed by atoms with E-state index in [1.54, 1.807) is 13.2 Å². The predicted molar refractivity (Wildman–Crippen MR) is 110 cm³/mol. The summed E-state index contributed by atoms with van der Waals surface area (Å²) in [4.78, 5) is 0. The molecule has 0 fully saturated rings.